The molecular weight excluding hydrogens is 413 g/mol. The molecule has 0 unspecified atom stereocenters. The third kappa shape index (κ3) is 9.81. The maximum absolute atomic E-state index is 9.11. The van der Waals surface area contributed by atoms with Crippen molar-refractivity contribution in [3.05, 3.63) is 10.2 Å². The number of aliphatic hydroxyl groups is 1. The molecule has 1 heterocycles. The van der Waals surface area contributed by atoms with Gasteiger partial charge < -0.3 is 0 Å². The summed E-state index contributed by atoms with van der Waals surface area (Å²) in [4.78, 5) is 2.64. The van der Waals surface area contributed by atoms with E-state index in [0.717, 1.165) is 12.3 Å². The van der Waals surface area contributed by atoms with Crippen LogP contribution in [0.1, 0.15) is 78.6 Å². The molecule has 0 aromatic carbocycles. The van der Waals surface area contributed by atoms with E-state index in [1.165, 1.54) is 71.0 Å². The molecule has 2 nitrogen and oxygen atoms in total. The maximum atomic E-state index is 9.11. The second-order valence-corrected chi connectivity index (χ2v) is 21.3. The number of rotatable bonds is 14. The van der Waals surface area contributed by atoms with Gasteiger partial charge in [0.15, 0.2) is 0 Å². The zero-order chi connectivity index (χ0) is 18.4. The zero-order valence-corrected chi connectivity index (χ0v) is 20.3. The molecule has 1 rings (SSSR count). The summed E-state index contributed by atoms with van der Waals surface area (Å²) in [5.74, 6) is 0.766. The van der Waals surface area contributed by atoms with Crippen molar-refractivity contribution in [2.45, 2.75) is 91.9 Å². The summed E-state index contributed by atoms with van der Waals surface area (Å²) in [6, 6.07) is 0. The Kier molecular flexibility index (Phi) is 13.6. The topological polar surface area (TPSA) is 23.5 Å². The Labute approximate surface area is 162 Å². The fourth-order valence-electron chi connectivity index (χ4n) is 4.30. The summed E-state index contributed by atoms with van der Waals surface area (Å²) in [5, 5.41) is 9.11. The molecule has 25 heavy (non-hydrogen) atoms. The molecule has 1 N–H and O–H groups in total. The van der Waals surface area contributed by atoms with Gasteiger partial charge in [0.2, 0.25) is 0 Å². The van der Waals surface area contributed by atoms with Gasteiger partial charge in [0.1, 0.15) is 0 Å². The third-order valence-corrected chi connectivity index (χ3v) is 20.4. The molecule has 0 bridgehead atoms. The van der Waals surface area contributed by atoms with E-state index < -0.39 is 18.4 Å². The summed E-state index contributed by atoms with van der Waals surface area (Å²) in [5.41, 5.74) is 0. The summed E-state index contributed by atoms with van der Waals surface area (Å²) in [6.45, 7) is 11.1. The predicted molar refractivity (Wildman–Crippen MR) is 115 cm³/mol. The van der Waals surface area contributed by atoms with Crippen molar-refractivity contribution in [3.8, 4) is 0 Å². The third-order valence-electron chi connectivity index (χ3n) is 6.16. The van der Waals surface area contributed by atoms with Gasteiger partial charge in [-0.3, -0.25) is 0 Å². The van der Waals surface area contributed by atoms with E-state index >= 15 is 0 Å². The number of nitrogens with zero attached hydrogens (tertiary/aromatic N) is 1. The summed E-state index contributed by atoms with van der Waals surface area (Å²) in [7, 11) is 0. The molecule has 1 aliphatic rings. The van der Waals surface area contributed by atoms with Gasteiger partial charge in [-0.2, -0.15) is 0 Å². The Morgan fingerprint density at radius 2 is 1.44 bits per heavy atom. The van der Waals surface area contributed by atoms with Crippen LogP contribution in [-0.4, -0.2) is 54.6 Å². The number of piperidine rings is 1. The minimum absolute atomic E-state index is 0.369. The second kappa shape index (κ2) is 14.5. The van der Waals surface area contributed by atoms with Crippen LogP contribution in [0.4, 0.5) is 0 Å². The summed E-state index contributed by atoms with van der Waals surface area (Å²) >= 11 is -2.06. The number of aliphatic hydroxyl groups excluding tert-OH is 1. The van der Waals surface area contributed by atoms with Crippen LogP contribution < -0.4 is 0 Å². The zero-order valence-electron chi connectivity index (χ0n) is 17.4. The Hall–Kier alpha value is 0.459. The van der Waals surface area contributed by atoms with E-state index in [4.69, 9.17) is 5.11 Å². The molecule has 0 aromatic heterocycles. The van der Waals surface area contributed by atoms with E-state index in [0.29, 0.717) is 6.61 Å². The molecule has 0 radical (unpaired) electrons. The molecule has 0 atom stereocenters. The molecule has 0 saturated carbocycles. The molecule has 1 saturated heterocycles. The SMILES string of the molecule is CCC[CH2][Sn](/[CH]=C/CN1CCC(CCO)CC1)([CH2]CCC)[CH2]CCC. The van der Waals surface area contributed by atoms with Crippen LogP contribution in [0.15, 0.2) is 10.2 Å². The number of hydrogen-bond acceptors (Lipinski definition) is 2. The number of likely N-dealkylation sites (tertiary alicyclic amines) is 1. The predicted octanol–water partition coefficient (Wildman–Crippen LogP) is 6.03. The molecule has 0 amide bonds. The van der Waals surface area contributed by atoms with E-state index in [1.807, 2.05) is 0 Å². The van der Waals surface area contributed by atoms with Crippen molar-refractivity contribution >= 4 is 18.4 Å². The number of unbranched alkanes of at least 4 members (excludes halogenated alkanes) is 3. The fraction of sp³-hybridized carbons (Fsp3) is 0.909. The average Bonchev–Trinajstić information content (AvgIpc) is 2.64. The Bertz CT molecular complexity index is 315. The van der Waals surface area contributed by atoms with Gasteiger partial charge in [0.25, 0.3) is 0 Å². The first-order chi connectivity index (χ1) is 12.2. The quantitative estimate of drug-likeness (QED) is 0.322. The van der Waals surface area contributed by atoms with Gasteiger partial charge in [-0.25, -0.2) is 0 Å². The van der Waals surface area contributed by atoms with E-state index in [-0.39, 0.29) is 0 Å². The first-order valence-electron chi connectivity index (χ1n) is 11.2. The first-order valence-corrected chi connectivity index (χ1v) is 18.9. The molecule has 0 aliphatic carbocycles. The van der Waals surface area contributed by atoms with Crippen LogP contribution in [0.5, 0.6) is 0 Å². The van der Waals surface area contributed by atoms with Gasteiger partial charge in [-0.05, 0) is 0 Å². The Balaban J connectivity index is 2.57. The minimum atomic E-state index is -2.06. The van der Waals surface area contributed by atoms with Crippen LogP contribution in [0.25, 0.3) is 0 Å². The van der Waals surface area contributed by atoms with Gasteiger partial charge in [-0.1, -0.05) is 0 Å². The van der Waals surface area contributed by atoms with Gasteiger partial charge in [0.05, 0.1) is 0 Å². The van der Waals surface area contributed by atoms with Crippen LogP contribution in [0.3, 0.4) is 0 Å². The first kappa shape index (κ1) is 23.5. The fourth-order valence-corrected chi connectivity index (χ4v) is 18.7. The van der Waals surface area contributed by atoms with Crippen molar-refractivity contribution in [2.24, 2.45) is 5.92 Å². The van der Waals surface area contributed by atoms with Crippen molar-refractivity contribution in [3.63, 3.8) is 0 Å². The average molecular weight is 458 g/mol. The van der Waals surface area contributed by atoms with Crippen molar-refractivity contribution < 1.29 is 5.11 Å². The van der Waals surface area contributed by atoms with Crippen LogP contribution in [-0.2, 0) is 0 Å². The monoisotopic (exact) mass is 459 g/mol. The molecule has 1 fully saturated rings. The van der Waals surface area contributed by atoms with E-state index in [2.05, 4.69) is 35.8 Å². The summed E-state index contributed by atoms with van der Waals surface area (Å²) < 4.78 is 7.58. The molecule has 3 heteroatoms. The molecule has 0 aromatic rings. The molecule has 1 aliphatic heterocycles. The summed E-state index contributed by atoms with van der Waals surface area (Å²) in [6.07, 6.45) is 14.6. The standard InChI is InChI=1S/C10H18NO.3C4H9.Sn/c1-2-6-11-7-3-10(4-8-11)5-9-12;3*1-3-4-2;/h1-2,10,12H,3-9H2;3*1,3-4H2,2H3;. The van der Waals surface area contributed by atoms with Gasteiger partial charge in [-0.15, -0.1) is 0 Å². The normalized spacial score (nSPS) is 17.6. The van der Waals surface area contributed by atoms with Crippen LogP contribution in [0.2, 0.25) is 13.3 Å². The Morgan fingerprint density at radius 1 is 0.920 bits per heavy atom. The molecular formula is C22H45NOSn. The van der Waals surface area contributed by atoms with E-state index in [9.17, 15) is 0 Å². The van der Waals surface area contributed by atoms with Gasteiger partial charge in [0, 0.05) is 0 Å². The Morgan fingerprint density at radius 3 is 1.88 bits per heavy atom. The van der Waals surface area contributed by atoms with Crippen molar-refractivity contribution in [1.29, 1.82) is 0 Å². The van der Waals surface area contributed by atoms with Crippen molar-refractivity contribution in [2.75, 3.05) is 26.2 Å². The second-order valence-electron chi connectivity index (χ2n) is 8.33. The van der Waals surface area contributed by atoms with Crippen molar-refractivity contribution in [1.82, 2.24) is 4.90 Å². The number of hydrogen-bond donors (Lipinski definition) is 1. The molecule has 0 spiro atoms. The van der Waals surface area contributed by atoms with E-state index in [1.54, 1.807) is 13.3 Å². The van der Waals surface area contributed by atoms with Crippen LogP contribution >= 0.6 is 0 Å². The molecule has 148 valence electrons. The van der Waals surface area contributed by atoms with Crippen LogP contribution in [0, 0.1) is 5.92 Å². The van der Waals surface area contributed by atoms with Gasteiger partial charge >= 0.3 is 163 Å².